The van der Waals surface area contributed by atoms with E-state index in [0.717, 1.165) is 96.3 Å². The van der Waals surface area contributed by atoms with Crippen LogP contribution >= 0.6 is 0 Å². The van der Waals surface area contributed by atoms with Crippen molar-refractivity contribution in [2.75, 3.05) is 13.2 Å². The zero-order valence-corrected chi connectivity index (χ0v) is 45.6. The molecule has 6 nitrogen and oxygen atoms in total. The predicted octanol–water partition coefficient (Wildman–Crippen LogP) is 19.8. The summed E-state index contributed by atoms with van der Waals surface area (Å²) in [7, 11) is 0. The first-order chi connectivity index (χ1) is 34.0. The molecular weight excluding hydrogens is 853 g/mol. The van der Waals surface area contributed by atoms with E-state index in [2.05, 4.69) is 93.7 Å². The van der Waals surface area contributed by atoms with Gasteiger partial charge in [-0.2, -0.15) is 0 Å². The fraction of sp³-hybridized carbons (Fsp3) is 0.762. The maximum absolute atomic E-state index is 12.8. The largest absolute Gasteiger partial charge is 0.462 e. The summed E-state index contributed by atoms with van der Waals surface area (Å²) >= 11 is 0. The van der Waals surface area contributed by atoms with Crippen molar-refractivity contribution in [2.45, 2.75) is 297 Å². The van der Waals surface area contributed by atoms with Gasteiger partial charge in [-0.05, 0) is 89.9 Å². The number of hydrogen-bond acceptors (Lipinski definition) is 6. The van der Waals surface area contributed by atoms with E-state index in [0.29, 0.717) is 19.3 Å². The highest BCUT2D eigenvalue weighted by molar-refractivity contribution is 5.71. The van der Waals surface area contributed by atoms with Crippen molar-refractivity contribution in [3.63, 3.8) is 0 Å². The molecule has 0 aliphatic rings. The summed E-state index contributed by atoms with van der Waals surface area (Å²) in [6.45, 7) is 6.44. The molecule has 0 aromatic carbocycles. The van der Waals surface area contributed by atoms with Crippen LogP contribution in [0.3, 0.4) is 0 Å². The fourth-order valence-electron chi connectivity index (χ4n) is 8.29. The standard InChI is InChI=1S/C63H110O6/c1-4-7-10-13-15-17-19-21-23-25-27-28-29-30-31-32-33-34-36-37-39-41-43-45-47-50-53-56-62(65)68-59-60(58-67-61(64)55-52-49-12-9-6-3)69-63(66)57-54-51-48-46-44-42-40-38-35-26-24-22-20-18-16-14-11-8-5-2/h7,10,15-18,21-24,27-28,60H,4-6,8-9,11-14,19-20,25-26,29-59H2,1-3H3/b10-7-,17-15-,18-16-,23-21-,24-22-,28-27-. The third-order valence-electron chi connectivity index (χ3n) is 12.7. The van der Waals surface area contributed by atoms with E-state index in [9.17, 15) is 14.4 Å². The Hall–Kier alpha value is -3.15. The first-order valence-electron chi connectivity index (χ1n) is 29.4. The molecule has 0 spiro atoms. The van der Waals surface area contributed by atoms with Gasteiger partial charge in [0.2, 0.25) is 0 Å². The average Bonchev–Trinajstić information content (AvgIpc) is 3.35. The Balaban J connectivity index is 4.04. The van der Waals surface area contributed by atoms with Crippen LogP contribution in [0.2, 0.25) is 0 Å². The zero-order valence-electron chi connectivity index (χ0n) is 45.6. The summed E-state index contributed by atoms with van der Waals surface area (Å²) < 4.78 is 16.7. The van der Waals surface area contributed by atoms with E-state index in [1.54, 1.807) is 0 Å². The van der Waals surface area contributed by atoms with E-state index < -0.39 is 6.10 Å². The smallest absolute Gasteiger partial charge is 0.306 e. The molecule has 6 heteroatoms. The van der Waals surface area contributed by atoms with E-state index in [4.69, 9.17) is 14.2 Å². The van der Waals surface area contributed by atoms with Gasteiger partial charge in [0.25, 0.3) is 0 Å². The monoisotopic (exact) mass is 963 g/mol. The number of rotatable bonds is 53. The highest BCUT2D eigenvalue weighted by Crippen LogP contribution is 2.16. The second-order valence-corrected chi connectivity index (χ2v) is 19.5. The molecule has 0 saturated heterocycles. The molecule has 0 bridgehead atoms. The SMILES string of the molecule is CC/C=C\C/C=C\C/C=C\C/C=C\CCCCCCCCCCCCCCCCC(=O)OCC(COC(=O)CCCCCCC)OC(=O)CCCCCCCCCCC/C=C\C/C=C\CCCCC. The predicted molar refractivity (Wildman–Crippen MR) is 298 cm³/mol. The Bertz CT molecular complexity index is 1290. The molecule has 0 aliphatic carbocycles. The van der Waals surface area contributed by atoms with Gasteiger partial charge >= 0.3 is 17.9 Å². The fourth-order valence-corrected chi connectivity index (χ4v) is 8.29. The summed E-state index contributed by atoms with van der Waals surface area (Å²) in [5.41, 5.74) is 0. The highest BCUT2D eigenvalue weighted by atomic mass is 16.6. The maximum Gasteiger partial charge on any atom is 0.306 e. The van der Waals surface area contributed by atoms with Crippen LogP contribution < -0.4 is 0 Å². The van der Waals surface area contributed by atoms with Crippen molar-refractivity contribution in [3.05, 3.63) is 72.9 Å². The lowest BCUT2D eigenvalue weighted by atomic mass is 10.0. The minimum atomic E-state index is -0.773. The summed E-state index contributed by atoms with van der Waals surface area (Å²) in [6.07, 6.45) is 73.7. The topological polar surface area (TPSA) is 78.9 Å². The molecule has 0 aromatic rings. The number of esters is 3. The van der Waals surface area contributed by atoms with Crippen molar-refractivity contribution >= 4 is 17.9 Å². The third kappa shape index (κ3) is 55.6. The molecule has 0 heterocycles. The van der Waals surface area contributed by atoms with Gasteiger partial charge in [-0.3, -0.25) is 14.4 Å². The second kappa shape index (κ2) is 57.4. The van der Waals surface area contributed by atoms with Crippen LogP contribution in [0, 0.1) is 0 Å². The summed E-state index contributed by atoms with van der Waals surface area (Å²) in [4.78, 5) is 37.8. The number of unbranched alkanes of at least 4 members (excludes halogenated alkanes) is 30. The highest BCUT2D eigenvalue weighted by Gasteiger charge is 2.19. The van der Waals surface area contributed by atoms with Crippen LogP contribution in [0.1, 0.15) is 290 Å². The lowest BCUT2D eigenvalue weighted by Crippen LogP contribution is -2.30. The van der Waals surface area contributed by atoms with Crippen LogP contribution in [-0.2, 0) is 28.6 Å². The normalized spacial score (nSPS) is 12.6. The summed E-state index contributed by atoms with van der Waals surface area (Å²) in [6, 6.07) is 0. The van der Waals surface area contributed by atoms with Gasteiger partial charge in [-0.15, -0.1) is 0 Å². The molecule has 0 radical (unpaired) electrons. The third-order valence-corrected chi connectivity index (χ3v) is 12.7. The Morgan fingerprint density at radius 2 is 0.565 bits per heavy atom. The van der Waals surface area contributed by atoms with Crippen molar-refractivity contribution < 1.29 is 28.6 Å². The molecule has 0 aliphatic heterocycles. The van der Waals surface area contributed by atoms with E-state index in [-0.39, 0.29) is 31.1 Å². The second-order valence-electron chi connectivity index (χ2n) is 19.5. The molecule has 0 rings (SSSR count). The van der Waals surface area contributed by atoms with Gasteiger partial charge in [-0.25, -0.2) is 0 Å². The van der Waals surface area contributed by atoms with Crippen molar-refractivity contribution in [1.29, 1.82) is 0 Å². The number of carbonyl (C=O) groups excluding carboxylic acids is 3. The lowest BCUT2D eigenvalue weighted by molar-refractivity contribution is -0.167. The number of hydrogen-bond donors (Lipinski definition) is 0. The molecule has 0 fully saturated rings. The Kier molecular flexibility index (Phi) is 54.8. The van der Waals surface area contributed by atoms with Crippen molar-refractivity contribution in [1.82, 2.24) is 0 Å². The van der Waals surface area contributed by atoms with Crippen LogP contribution in [0.4, 0.5) is 0 Å². The van der Waals surface area contributed by atoms with Gasteiger partial charge in [0.05, 0.1) is 0 Å². The number of ether oxygens (including phenoxy) is 3. The van der Waals surface area contributed by atoms with Gasteiger partial charge in [-0.1, -0.05) is 254 Å². The van der Waals surface area contributed by atoms with Crippen LogP contribution in [-0.4, -0.2) is 37.2 Å². The minimum Gasteiger partial charge on any atom is -0.462 e. The first-order valence-corrected chi connectivity index (χ1v) is 29.4. The summed E-state index contributed by atoms with van der Waals surface area (Å²) in [5, 5.41) is 0. The van der Waals surface area contributed by atoms with E-state index >= 15 is 0 Å². The van der Waals surface area contributed by atoms with Gasteiger partial charge in [0, 0.05) is 19.3 Å². The van der Waals surface area contributed by atoms with Crippen LogP contribution in [0.5, 0.6) is 0 Å². The van der Waals surface area contributed by atoms with E-state index in [1.807, 2.05) is 0 Å². The van der Waals surface area contributed by atoms with Crippen LogP contribution in [0.15, 0.2) is 72.9 Å². The molecule has 1 unspecified atom stereocenters. The van der Waals surface area contributed by atoms with Crippen molar-refractivity contribution in [3.8, 4) is 0 Å². The van der Waals surface area contributed by atoms with Gasteiger partial charge < -0.3 is 14.2 Å². The van der Waals surface area contributed by atoms with Crippen LogP contribution in [0.25, 0.3) is 0 Å². The van der Waals surface area contributed by atoms with Gasteiger partial charge in [0.15, 0.2) is 6.10 Å². The summed E-state index contributed by atoms with van der Waals surface area (Å²) in [5.74, 6) is -0.886. The van der Waals surface area contributed by atoms with E-state index in [1.165, 1.54) is 154 Å². The molecule has 0 N–H and O–H groups in total. The Morgan fingerprint density at radius 3 is 0.913 bits per heavy atom. The average molecular weight is 964 g/mol. The number of carbonyl (C=O) groups is 3. The molecule has 69 heavy (non-hydrogen) atoms. The van der Waals surface area contributed by atoms with Crippen molar-refractivity contribution in [2.24, 2.45) is 0 Å². The number of allylic oxidation sites excluding steroid dienone is 12. The molecule has 0 saturated carbocycles. The quantitative estimate of drug-likeness (QED) is 0.0262. The molecule has 1 atom stereocenters. The lowest BCUT2D eigenvalue weighted by Gasteiger charge is -2.18. The minimum absolute atomic E-state index is 0.0755. The maximum atomic E-state index is 12.8. The molecule has 0 amide bonds. The Morgan fingerprint density at radius 1 is 0.304 bits per heavy atom. The molecular formula is C63H110O6. The Labute approximate surface area is 427 Å². The van der Waals surface area contributed by atoms with Gasteiger partial charge in [0.1, 0.15) is 13.2 Å². The first kappa shape index (κ1) is 65.8. The molecule has 0 aromatic heterocycles. The molecule has 398 valence electrons. The zero-order chi connectivity index (χ0) is 50.0.